The molecule has 7 heteroatoms. The van der Waals surface area contributed by atoms with Gasteiger partial charge in [-0.15, -0.1) is 0 Å². The molecular formula is C23H32N4O3. The first-order chi connectivity index (χ1) is 14.7. The molecule has 30 heavy (non-hydrogen) atoms. The predicted octanol–water partition coefficient (Wildman–Crippen LogP) is 2.61. The summed E-state index contributed by atoms with van der Waals surface area (Å²) in [5.74, 6) is 2.82. The van der Waals surface area contributed by atoms with Crippen molar-refractivity contribution >= 4 is 5.96 Å². The molecule has 1 saturated heterocycles. The Labute approximate surface area is 179 Å². The fourth-order valence-corrected chi connectivity index (χ4v) is 3.77. The highest BCUT2D eigenvalue weighted by Gasteiger charge is 2.21. The summed E-state index contributed by atoms with van der Waals surface area (Å²) in [5.41, 5.74) is 2.34. The van der Waals surface area contributed by atoms with E-state index >= 15 is 0 Å². The van der Waals surface area contributed by atoms with Gasteiger partial charge in [0, 0.05) is 51.9 Å². The van der Waals surface area contributed by atoms with Gasteiger partial charge in [-0.2, -0.15) is 0 Å². The molecule has 1 heterocycles. The van der Waals surface area contributed by atoms with Gasteiger partial charge in [0.05, 0.1) is 21.3 Å². The van der Waals surface area contributed by atoms with Crippen molar-refractivity contribution in [2.75, 3.05) is 54.6 Å². The zero-order valence-electron chi connectivity index (χ0n) is 18.4. The lowest BCUT2D eigenvalue weighted by molar-refractivity contribution is 0.172. The number of hydrogen-bond acceptors (Lipinski definition) is 5. The second-order valence-corrected chi connectivity index (χ2v) is 7.14. The van der Waals surface area contributed by atoms with Gasteiger partial charge >= 0.3 is 0 Å². The molecule has 162 valence electrons. The highest BCUT2D eigenvalue weighted by molar-refractivity contribution is 5.80. The number of rotatable bonds is 7. The maximum atomic E-state index is 5.59. The van der Waals surface area contributed by atoms with Crippen LogP contribution in [0.2, 0.25) is 0 Å². The maximum absolute atomic E-state index is 5.59. The number of ether oxygens (including phenoxy) is 3. The summed E-state index contributed by atoms with van der Waals surface area (Å²) in [6.07, 6.45) is 0. The third-order valence-corrected chi connectivity index (χ3v) is 5.36. The summed E-state index contributed by atoms with van der Waals surface area (Å²) in [7, 11) is 6.70. The average molecular weight is 413 g/mol. The standard InChI is InChI=1S/C23H32N4O3/c1-24-23(25-16-19-10-11-20(28-2)22(30-4)21(19)29-3)27-14-12-26(13-15-27)17-18-8-6-5-7-9-18/h5-11H,12-17H2,1-4H3,(H,24,25). The highest BCUT2D eigenvalue weighted by atomic mass is 16.5. The maximum Gasteiger partial charge on any atom is 0.203 e. The summed E-state index contributed by atoms with van der Waals surface area (Å²) < 4.78 is 16.4. The van der Waals surface area contributed by atoms with Crippen molar-refractivity contribution in [2.45, 2.75) is 13.1 Å². The second kappa shape index (κ2) is 10.7. The molecule has 0 amide bonds. The molecule has 1 aliphatic heterocycles. The van der Waals surface area contributed by atoms with Crippen LogP contribution in [0, 0.1) is 0 Å². The molecule has 0 bridgehead atoms. The van der Waals surface area contributed by atoms with Crippen molar-refractivity contribution in [3.63, 3.8) is 0 Å². The van der Waals surface area contributed by atoms with E-state index in [1.54, 1.807) is 21.3 Å². The Morgan fingerprint density at radius 3 is 2.20 bits per heavy atom. The van der Waals surface area contributed by atoms with Gasteiger partial charge in [-0.05, 0) is 17.7 Å². The Kier molecular flexibility index (Phi) is 7.79. The van der Waals surface area contributed by atoms with Crippen LogP contribution < -0.4 is 19.5 Å². The van der Waals surface area contributed by atoms with Gasteiger partial charge in [-0.25, -0.2) is 0 Å². The summed E-state index contributed by atoms with van der Waals surface area (Å²) in [4.78, 5) is 9.27. The van der Waals surface area contributed by atoms with Crippen molar-refractivity contribution in [3.8, 4) is 17.2 Å². The van der Waals surface area contributed by atoms with Gasteiger partial charge in [-0.3, -0.25) is 9.89 Å². The molecule has 0 saturated carbocycles. The molecule has 0 atom stereocenters. The first kappa shape index (κ1) is 21.8. The minimum atomic E-state index is 0.584. The Morgan fingerprint density at radius 1 is 0.900 bits per heavy atom. The van der Waals surface area contributed by atoms with Crippen LogP contribution in [0.15, 0.2) is 47.5 Å². The molecule has 1 aliphatic rings. The first-order valence-electron chi connectivity index (χ1n) is 10.2. The van der Waals surface area contributed by atoms with Crippen molar-refractivity contribution < 1.29 is 14.2 Å². The molecule has 1 fully saturated rings. The lowest BCUT2D eigenvalue weighted by Gasteiger charge is -2.36. The highest BCUT2D eigenvalue weighted by Crippen LogP contribution is 2.39. The van der Waals surface area contributed by atoms with Crippen molar-refractivity contribution in [1.82, 2.24) is 15.1 Å². The van der Waals surface area contributed by atoms with E-state index in [4.69, 9.17) is 14.2 Å². The predicted molar refractivity (Wildman–Crippen MR) is 120 cm³/mol. The van der Waals surface area contributed by atoms with Crippen molar-refractivity contribution in [3.05, 3.63) is 53.6 Å². The molecule has 2 aromatic rings. The van der Waals surface area contributed by atoms with Crippen LogP contribution in [-0.2, 0) is 13.1 Å². The monoisotopic (exact) mass is 412 g/mol. The van der Waals surface area contributed by atoms with E-state index in [-0.39, 0.29) is 0 Å². The lowest BCUT2D eigenvalue weighted by atomic mass is 10.1. The summed E-state index contributed by atoms with van der Waals surface area (Å²) in [5, 5.41) is 3.46. The molecule has 0 aromatic heterocycles. The van der Waals surface area contributed by atoms with Gasteiger partial charge in [-0.1, -0.05) is 30.3 Å². The Morgan fingerprint density at radius 2 is 1.60 bits per heavy atom. The number of methoxy groups -OCH3 is 3. The van der Waals surface area contributed by atoms with Crippen LogP contribution in [-0.4, -0.2) is 70.3 Å². The van der Waals surface area contributed by atoms with E-state index in [0.717, 1.165) is 44.2 Å². The van der Waals surface area contributed by atoms with Crippen molar-refractivity contribution in [2.24, 2.45) is 4.99 Å². The molecular weight excluding hydrogens is 380 g/mol. The molecule has 7 nitrogen and oxygen atoms in total. The number of piperazine rings is 1. The molecule has 1 N–H and O–H groups in total. The van der Waals surface area contributed by atoms with Gasteiger partial charge in [0.15, 0.2) is 17.5 Å². The number of hydrogen-bond donors (Lipinski definition) is 1. The van der Waals surface area contributed by atoms with Crippen LogP contribution in [0.5, 0.6) is 17.2 Å². The number of nitrogens with zero attached hydrogens (tertiary/aromatic N) is 3. The van der Waals surface area contributed by atoms with Gasteiger partial charge in [0.25, 0.3) is 0 Å². The van der Waals surface area contributed by atoms with E-state index in [1.165, 1.54) is 5.56 Å². The third kappa shape index (κ3) is 5.16. The molecule has 0 aliphatic carbocycles. The number of benzene rings is 2. The Balaban J connectivity index is 1.58. The Hall–Kier alpha value is -2.93. The topological polar surface area (TPSA) is 58.6 Å². The van der Waals surface area contributed by atoms with Gasteiger partial charge in [0.2, 0.25) is 5.75 Å². The minimum Gasteiger partial charge on any atom is -0.493 e. The van der Waals surface area contributed by atoms with E-state index in [0.29, 0.717) is 23.8 Å². The molecule has 0 unspecified atom stereocenters. The van der Waals surface area contributed by atoms with Crippen LogP contribution in [0.3, 0.4) is 0 Å². The SMILES string of the molecule is CN=C(NCc1ccc(OC)c(OC)c1OC)N1CCN(Cc2ccccc2)CC1. The molecule has 0 radical (unpaired) electrons. The average Bonchev–Trinajstić information content (AvgIpc) is 2.80. The Bertz CT molecular complexity index is 834. The summed E-state index contributed by atoms with van der Waals surface area (Å²) in [6, 6.07) is 14.5. The second-order valence-electron chi connectivity index (χ2n) is 7.14. The van der Waals surface area contributed by atoms with Crippen LogP contribution in [0.1, 0.15) is 11.1 Å². The largest absolute Gasteiger partial charge is 0.493 e. The van der Waals surface area contributed by atoms with E-state index in [9.17, 15) is 0 Å². The van der Waals surface area contributed by atoms with Gasteiger partial charge in [0.1, 0.15) is 0 Å². The number of aliphatic imine (C=N–C) groups is 1. The van der Waals surface area contributed by atoms with Crippen LogP contribution >= 0.6 is 0 Å². The van der Waals surface area contributed by atoms with E-state index in [1.807, 2.05) is 19.2 Å². The van der Waals surface area contributed by atoms with Crippen LogP contribution in [0.25, 0.3) is 0 Å². The van der Waals surface area contributed by atoms with E-state index in [2.05, 4.69) is 50.4 Å². The molecule has 2 aromatic carbocycles. The third-order valence-electron chi connectivity index (χ3n) is 5.36. The molecule has 3 rings (SSSR count). The fraction of sp³-hybridized carbons (Fsp3) is 0.435. The lowest BCUT2D eigenvalue weighted by Crippen LogP contribution is -2.52. The first-order valence-corrected chi connectivity index (χ1v) is 10.2. The number of guanidine groups is 1. The number of nitrogens with one attached hydrogen (secondary N) is 1. The minimum absolute atomic E-state index is 0.584. The van der Waals surface area contributed by atoms with E-state index < -0.39 is 0 Å². The summed E-state index contributed by atoms with van der Waals surface area (Å²) in [6.45, 7) is 5.47. The van der Waals surface area contributed by atoms with Crippen LogP contribution in [0.4, 0.5) is 0 Å². The van der Waals surface area contributed by atoms with Gasteiger partial charge < -0.3 is 24.4 Å². The van der Waals surface area contributed by atoms with Crippen molar-refractivity contribution in [1.29, 1.82) is 0 Å². The zero-order chi connectivity index (χ0) is 21.3. The normalized spacial score (nSPS) is 15.1. The quantitative estimate of drug-likeness (QED) is 0.557. The smallest absolute Gasteiger partial charge is 0.203 e. The summed E-state index contributed by atoms with van der Waals surface area (Å²) >= 11 is 0. The molecule has 0 spiro atoms. The fourth-order valence-electron chi connectivity index (χ4n) is 3.77. The zero-order valence-corrected chi connectivity index (χ0v) is 18.4.